The van der Waals surface area contributed by atoms with Gasteiger partial charge in [0.15, 0.2) is 0 Å². The number of aromatic nitrogens is 3. The molecule has 1 heterocycles. The van der Waals surface area contributed by atoms with Gasteiger partial charge in [-0.2, -0.15) is 4.98 Å². The normalized spacial score (nSPS) is 16.1. The third kappa shape index (κ3) is 2.92. The monoisotopic (exact) mass is 247 g/mol. The lowest BCUT2D eigenvalue weighted by Gasteiger charge is -2.24. The molecule has 82 valence electrons. The van der Waals surface area contributed by atoms with Crippen molar-refractivity contribution in [1.82, 2.24) is 15.2 Å². The van der Waals surface area contributed by atoms with Gasteiger partial charge in [0.1, 0.15) is 0 Å². The van der Waals surface area contributed by atoms with Gasteiger partial charge in [-0.05, 0) is 23.9 Å². The summed E-state index contributed by atoms with van der Waals surface area (Å²) in [6.45, 7) is 0.611. The zero-order valence-corrected chi connectivity index (χ0v) is 9.63. The van der Waals surface area contributed by atoms with E-state index in [1.54, 1.807) is 0 Å². The highest BCUT2D eigenvalue weighted by atomic mass is 35.5. The molecule has 2 rings (SSSR count). The third-order valence-corrected chi connectivity index (χ3v) is 2.98. The van der Waals surface area contributed by atoms with Gasteiger partial charge in [-0.3, -0.25) is 0 Å². The molecular weight excluding hydrogens is 237 g/mol. The van der Waals surface area contributed by atoms with Crippen LogP contribution in [-0.2, 0) is 0 Å². The molecule has 0 radical (unpaired) electrons. The van der Waals surface area contributed by atoms with Crippen molar-refractivity contribution in [2.45, 2.75) is 25.7 Å². The van der Waals surface area contributed by atoms with Crippen molar-refractivity contribution in [2.24, 2.45) is 5.92 Å². The molecule has 0 amide bonds. The Morgan fingerprint density at radius 1 is 1.27 bits per heavy atom. The second kappa shape index (κ2) is 4.94. The fraction of sp³-hybridized carbons (Fsp3) is 0.667. The van der Waals surface area contributed by atoms with Crippen molar-refractivity contribution in [3.05, 3.63) is 10.4 Å². The van der Waals surface area contributed by atoms with E-state index in [9.17, 15) is 0 Å². The van der Waals surface area contributed by atoms with Crippen molar-refractivity contribution in [1.29, 1.82) is 0 Å². The molecule has 0 bridgehead atoms. The van der Waals surface area contributed by atoms with Crippen LogP contribution in [0.4, 0.5) is 0 Å². The topological polar surface area (TPSA) is 47.9 Å². The lowest BCUT2D eigenvalue weighted by atomic mass is 9.83. The van der Waals surface area contributed by atoms with Crippen LogP contribution in [0.3, 0.4) is 0 Å². The molecule has 0 aliphatic heterocycles. The minimum Gasteiger partial charge on any atom is -0.475 e. The molecule has 1 aromatic rings. The number of rotatable bonds is 4. The number of ether oxygens (including phenoxy) is 1. The van der Waals surface area contributed by atoms with Crippen LogP contribution in [0.5, 0.6) is 5.88 Å². The van der Waals surface area contributed by atoms with Crippen LogP contribution in [-0.4, -0.2) is 21.8 Å². The summed E-state index contributed by atoms with van der Waals surface area (Å²) in [5, 5.41) is 7.32. The fourth-order valence-corrected chi connectivity index (χ4v) is 1.72. The van der Waals surface area contributed by atoms with Crippen LogP contribution >= 0.6 is 23.2 Å². The Balaban J connectivity index is 1.83. The van der Waals surface area contributed by atoms with E-state index in [1.807, 2.05) is 0 Å². The van der Waals surface area contributed by atoms with Crippen LogP contribution in [0.1, 0.15) is 25.7 Å². The quantitative estimate of drug-likeness (QED) is 0.821. The smallest absolute Gasteiger partial charge is 0.256 e. The number of hydrogen-bond acceptors (Lipinski definition) is 4. The highest BCUT2D eigenvalue weighted by Crippen LogP contribution is 2.29. The molecule has 1 aliphatic carbocycles. The second-order valence-electron chi connectivity index (χ2n) is 3.61. The van der Waals surface area contributed by atoms with Crippen LogP contribution in [0.15, 0.2) is 0 Å². The molecule has 0 N–H and O–H groups in total. The van der Waals surface area contributed by atoms with Crippen LogP contribution in [0.25, 0.3) is 0 Å². The number of nitrogens with zero attached hydrogens (tertiary/aromatic N) is 3. The van der Waals surface area contributed by atoms with Crippen LogP contribution < -0.4 is 4.74 Å². The lowest BCUT2D eigenvalue weighted by Crippen LogP contribution is -2.15. The van der Waals surface area contributed by atoms with Gasteiger partial charge in [-0.25, -0.2) is 0 Å². The Bertz CT molecular complexity index is 344. The summed E-state index contributed by atoms with van der Waals surface area (Å²) >= 11 is 11.3. The minimum atomic E-state index is 0.0537. The summed E-state index contributed by atoms with van der Waals surface area (Å²) in [4.78, 5) is 3.85. The first kappa shape index (κ1) is 10.9. The third-order valence-electron chi connectivity index (χ3n) is 2.58. The molecule has 0 aromatic carbocycles. The van der Waals surface area contributed by atoms with Gasteiger partial charge in [0.25, 0.3) is 5.88 Å². The molecule has 0 saturated heterocycles. The first-order valence-electron chi connectivity index (χ1n) is 4.94. The van der Waals surface area contributed by atoms with Crippen molar-refractivity contribution in [3.63, 3.8) is 0 Å². The summed E-state index contributed by atoms with van der Waals surface area (Å²) in [5.41, 5.74) is 0. The maximum absolute atomic E-state index is 5.74. The highest BCUT2D eigenvalue weighted by molar-refractivity contribution is 6.31. The molecule has 0 spiro atoms. The standard InChI is InChI=1S/C9H11Cl2N3O/c10-7-8(12-9(11)14-13-7)15-5-4-6-2-1-3-6/h6H,1-5H2. The van der Waals surface area contributed by atoms with Gasteiger partial charge in [0.05, 0.1) is 6.61 Å². The van der Waals surface area contributed by atoms with E-state index in [0.29, 0.717) is 6.61 Å². The Labute approximate surface area is 98.0 Å². The van der Waals surface area contributed by atoms with Gasteiger partial charge in [0, 0.05) is 0 Å². The summed E-state index contributed by atoms with van der Waals surface area (Å²) in [6.07, 6.45) is 4.99. The van der Waals surface area contributed by atoms with Crippen molar-refractivity contribution < 1.29 is 4.74 Å². The maximum atomic E-state index is 5.74. The lowest BCUT2D eigenvalue weighted by molar-refractivity contribution is 0.216. The Morgan fingerprint density at radius 3 is 2.73 bits per heavy atom. The van der Waals surface area contributed by atoms with Gasteiger partial charge in [-0.1, -0.05) is 30.9 Å². The minimum absolute atomic E-state index is 0.0537. The molecule has 15 heavy (non-hydrogen) atoms. The Hall–Kier alpha value is -0.610. The first-order valence-corrected chi connectivity index (χ1v) is 5.70. The molecule has 4 nitrogen and oxygen atoms in total. The van der Waals surface area contributed by atoms with Gasteiger partial charge >= 0.3 is 0 Å². The summed E-state index contributed by atoms with van der Waals surface area (Å²) < 4.78 is 5.39. The predicted octanol–water partition coefficient (Wildman–Crippen LogP) is 2.75. The summed E-state index contributed by atoms with van der Waals surface area (Å²) in [6, 6.07) is 0. The molecule has 0 unspecified atom stereocenters. The van der Waals surface area contributed by atoms with Gasteiger partial charge < -0.3 is 4.74 Å². The van der Waals surface area contributed by atoms with E-state index >= 15 is 0 Å². The molecule has 1 fully saturated rings. The van der Waals surface area contributed by atoms with Gasteiger partial charge in [0.2, 0.25) is 10.4 Å². The van der Waals surface area contributed by atoms with E-state index in [-0.39, 0.29) is 16.3 Å². The summed E-state index contributed by atoms with van der Waals surface area (Å²) in [5.74, 6) is 1.07. The second-order valence-corrected chi connectivity index (χ2v) is 4.31. The van der Waals surface area contributed by atoms with E-state index in [4.69, 9.17) is 27.9 Å². The van der Waals surface area contributed by atoms with Gasteiger partial charge in [-0.15, -0.1) is 10.2 Å². The van der Waals surface area contributed by atoms with E-state index < -0.39 is 0 Å². The molecule has 1 saturated carbocycles. The fourth-order valence-electron chi connectivity index (χ4n) is 1.48. The Kier molecular flexibility index (Phi) is 3.59. The molecule has 1 aromatic heterocycles. The van der Waals surface area contributed by atoms with Crippen molar-refractivity contribution in [3.8, 4) is 5.88 Å². The van der Waals surface area contributed by atoms with Crippen molar-refractivity contribution >= 4 is 23.2 Å². The average molecular weight is 248 g/mol. The van der Waals surface area contributed by atoms with E-state index in [2.05, 4.69) is 15.2 Å². The average Bonchev–Trinajstić information content (AvgIpc) is 2.15. The molecule has 6 heteroatoms. The SMILES string of the molecule is Clc1nnc(Cl)c(OCCC2CCC2)n1. The molecule has 0 atom stereocenters. The molecule has 1 aliphatic rings. The van der Waals surface area contributed by atoms with Crippen LogP contribution in [0, 0.1) is 5.92 Å². The number of hydrogen-bond donors (Lipinski definition) is 0. The van der Waals surface area contributed by atoms with Crippen molar-refractivity contribution in [2.75, 3.05) is 6.61 Å². The first-order chi connectivity index (χ1) is 7.25. The predicted molar refractivity (Wildman–Crippen MR) is 57.3 cm³/mol. The van der Waals surface area contributed by atoms with E-state index in [1.165, 1.54) is 19.3 Å². The summed E-state index contributed by atoms with van der Waals surface area (Å²) in [7, 11) is 0. The zero-order valence-electron chi connectivity index (χ0n) is 8.12. The molecular formula is C9H11Cl2N3O. The van der Waals surface area contributed by atoms with E-state index in [0.717, 1.165) is 12.3 Å². The zero-order chi connectivity index (χ0) is 10.7. The highest BCUT2D eigenvalue weighted by Gasteiger charge is 2.17. The number of halogens is 2. The van der Waals surface area contributed by atoms with Crippen LogP contribution in [0.2, 0.25) is 10.4 Å². The Morgan fingerprint density at radius 2 is 2.07 bits per heavy atom. The largest absolute Gasteiger partial charge is 0.475 e. The maximum Gasteiger partial charge on any atom is 0.256 e.